The van der Waals surface area contributed by atoms with Gasteiger partial charge in [-0.15, -0.1) is 0 Å². The highest BCUT2D eigenvalue weighted by atomic mass is 16.4. The number of nitrogens with one attached hydrogen (secondary N) is 4. The Balaban J connectivity index is 1.55. The molecule has 9 N–H and O–H groups in total. The quantitative estimate of drug-likeness (QED) is 0.0731. The van der Waals surface area contributed by atoms with Gasteiger partial charge in [-0.25, -0.2) is 9.78 Å². The number of aliphatic carboxylic acids is 1. The van der Waals surface area contributed by atoms with Crippen LogP contribution in [0, 0.1) is 11.8 Å². The fourth-order valence-corrected chi connectivity index (χ4v) is 7.70. The fourth-order valence-electron chi connectivity index (χ4n) is 7.70. The summed E-state index contributed by atoms with van der Waals surface area (Å²) in [5, 5.41) is 19.2. The van der Waals surface area contributed by atoms with Gasteiger partial charge in [0.05, 0.1) is 23.4 Å². The van der Waals surface area contributed by atoms with Crippen molar-refractivity contribution in [3.63, 3.8) is 0 Å². The van der Waals surface area contributed by atoms with Crippen LogP contribution in [0.25, 0.3) is 11.0 Å². The summed E-state index contributed by atoms with van der Waals surface area (Å²) in [5.41, 5.74) is 14.6. The summed E-state index contributed by atoms with van der Waals surface area (Å²) in [4.78, 5) is 81.3. The SMILES string of the molecule is CC(=O)N[C@H](C(=O)NC(C(=O)N[C@@H](CCCN=C(N)N)C(=O)N1C(c2cccc3[nH]cnc23)c2ccccc2C[C@H]1C(=O)O)C1CCCCC1)C(C)C. The highest BCUT2D eigenvalue weighted by molar-refractivity contribution is 5.96. The van der Waals surface area contributed by atoms with Gasteiger partial charge in [0.25, 0.3) is 0 Å². The highest BCUT2D eigenvalue weighted by Crippen LogP contribution is 2.41. The van der Waals surface area contributed by atoms with Crippen molar-refractivity contribution in [1.29, 1.82) is 0 Å². The zero-order chi connectivity index (χ0) is 38.2. The van der Waals surface area contributed by atoms with E-state index in [1.165, 1.54) is 11.8 Å². The third-order valence-electron chi connectivity index (χ3n) is 10.3. The third-order valence-corrected chi connectivity index (χ3v) is 10.3. The first kappa shape index (κ1) is 38.8. The maximum Gasteiger partial charge on any atom is 0.326 e. The van der Waals surface area contributed by atoms with Crippen molar-refractivity contribution in [2.24, 2.45) is 28.3 Å². The molecule has 5 rings (SSSR count). The van der Waals surface area contributed by atoms with Crippen molar-refractivity contribution >= 4 is 46.6 Å². The summed E-state index contributed by atoms with van der Waals surface area (Å²) < 4.78 is 0. The van der Waals surface area contributed by atoms with Crippen molar-refractivity contribution < 1.29 is 29.1 Å². The Morgan fingerprint density at radius 3 is 2.36 bits per heavy atom. The van der Waals surface area contributed by atoms with Gasteiger partial charge in [-0.3, -0.25) is 24.2 Å². The van der Waals surface area contributed by atoms with Gasteiger partial charge in [0, 0.05) is 25.5 Å². The minimum absolute atomic E-state index is 0.0550. The first-order chi connectivity index (χ1) is 25.4. The number of aliphatic imine (C=N–C) groups is 1. The standard InChI is InChI=1S/C38H51N9O6/c1-21(2)30(44-22(3)48)34(49)46-31(23-11-5-4-6-12-23)35(50)45-28(17-10-18-41-38(39)40)36(51)47-29(37(52)53)19-24-13-7-8-14-25(24)33(47)26-15-9-16-27-32(26)43-20-42-27/h7-9,13-16,20-21,23,28-31,33H,4-6,10-12,17-19H2,1-3H3,(H,42,43)(H,44,48)(H,45,50)(H,46,49)(H,52,53)(H4,39,40,41)/t28-,29-,30-,31?,33?/m0/s1. The van der Waals surface area contributed by atoms with Gasteiger partial charge in [-0.1, -0.05) is 69.5 Å². The number of para-hydroxylation sites is 1. The lowest BCUT2D eigenvalue weighted by molar-refractivity contribution is -0.154. The highest BCUT2D eigenvalue weighted by Gasteiger charge is 2.45. The lowest BCUT2D eigenvalue weighted by Gasteiger charge is -2.43. The van der Waals surface area contributed by atoms with E-state index in [4.69, 9.17) is 11.5 Å². The number of amides is 4. The number of carbonyl (C=O) groups excluding carboxylic acids is 4. The zero-order valence-corrected chi connectivity index (χ0v) is 30.5. The number of aromatic nitrogens is 2. The molecule has 1 aliphatic carbocycles. The molecule has 15 heteroatoms. The number of nitrogens with zero attached hydrogens (tertiary/aromatic N) is 3. The number of carbonyl (C=O) groups is 5. The second-order valence-corrected chi connectivity index (χ2v) is 14.4. The number of hydrogen-bond acceptors (Lipinski definition) is 7. The Morgan fingerprint density at radius 2 is 1.68 bits per heavy atom. The molecule has 284 valence electrons. The molecule has 0 spiro atoms. The van der Waals surface area contributed by atoms with Gasteiger partial charge in [0.2, 0.25) is 23.6 Å². The Labute approximate surface area is 308 Å². The number of carboxylic acid groups (broad SMARTS) is 1. The van der Waals surface area contributed by atoms with E-state index in [0.29, 0.717) is 23.9 Å². The number of nitrogens with two attached hydrogens (primary N) is 2. The summed E-state index contributed by atoms with van der Waals surface area (Å²) in [7, 11) is 0. The van der Waals surface area contributed by atoms with Crippen LogP contribution in [0.1, 0.15) is 88.4 Å². The Bertz CT molecular complexity index is 1830. The smallest absolute Gasteiger partial charge is 0.326 e. The Hall–Kier alpha value is -5.47. The molecule has 0 radical (unpaired) electrons. The van der Waals surface area contributed by atoms with E-state index in [9.17, 15) is 24.3 Å². The molecule has 2 aliphatic rings. The monoisotopic (exact) mass is 729 g/mol. The number of imidazole rings is 1. The number of hydrogen-bond donors (Lipinski definition) is 7. The maximum atomic E-state index is 15.1. The van der Waals surface area contributed by atoms with E-state index in [0.717, 1.165) is 35.9 Å². The molecular formula is C38H51N9O6. The van der Waals surface area contributed by atoms with Crippen LogP contribution in [0.4, 0.5) is 0 Å². The van der Waals surface area contributed by atoms with Crippen LogP contribution in [0.5, 0.6) is 0 Å². The number of rotatable bonds is 14. The normalized spacial score (nSPS) is 19.1. The molecule has 2 aromatic carbocycles. The molecule has 3 aromatic rings. The first-order valence-corrected chi connectivity index (χ1v) is 18.3. The van der Waals surface area contributed by atoms with E-state index in [1.807, 2.05) is 42.5 Å². The molecule has 4 amide bonds. The lowest BCUT2D eigenvalue weighted by Crippen LogP contribution is -2.61. The van der Waals surface area contributed by atoms with Crippen molar-refractivity contribution in [2.45, 2.75) is 102 Å². The Morgan fingerprint density at radius 1 is 0.962 bits per heavy atom. The van der Waals surface area contributed by atoms with E-state index < -0.39 is 53.9 Å². The van der Waals surface area contributed by atoms with Crippen molar-refractivity contribution in [1.82, 2.24) is 30.8 Å². The van der Waals surface area contributed by atoms with Crippen LogP contribution in [0.3, 0.4) is 0 Å². The van der Waals surface area contributed by atoms with Gasteiger partial charge in [-0.05, 0) is 54.7 Å². The van der Waals surface area contributed by atoms with Gasteiger partial charge in [-0.2, -0.15) is 0 Å². The average molecular weight is 730 g/mol. The summed E-state index contributed by atoms with van der Waals surface area (Å²) in [6.45, 7) is 5.10. The van der Waals surface area contributed by atoms with Gasteiger partial charge >= 0.3 is 5.97 Å². The molecule has 53 heavy (non-hydrogen) atoms. The lowest BCUT2D eigenvalue weighted by atomic mass is 9.82. The molecule has 1 saturated carbocycles. The maximum absolute atomic E-state index is 15.1. The zero-order valence-electron chi connectivity index (χ0n) is 30.5. The topological polar surface area (TPSA) is 238 Å². The molecule has 5 atom stereocenters. The van der Waals surface area contributed by atoms with Crippen LogP contribution in [0.15, 0.2) is 53.8 Å². The number of H-pyrrole nitrogens is 1. The summed E-state index contributed by atoms with van der Waals surface area (Å²) in [6, 6.07) is 7.72. The second-order valence-electron chi connectivity index (χ2n) is 14.4. The van der Waals surface area contributed by atoms with Crippen molar-refractivity contribution in [3.8, 4) is 0 Å². The minimum Gasteiger partial charge on any atom is -0.480 e. The predicted molar refractivity (Wildman–Crippen MR) is 199 cm³/mol. The minimum atomic E-state index is -1.27. The number of guanidine groups is 1. The van der Waals surface area contributed by atoms with Crippen LogP contribution >= 0.6 is 0 Å². The molecule has 1 aromatic heterocycles. The van der Waals surface area contributed by atoms with E-state index in [2.05, 4.69) is 30.9 Å². The van der Waals surface area contributed by atoms with Gasteiger partial charge in [0.15, 0.2) is 5.96 Å². The van der Waals surface area contributed by atoms with Crippen LogP contribution in [0.2, 0.25) is 0 Å². The molecule has 2 unspecified atom stereocenters. The molecule has 1 fully saturated rings. The Kier molecular flexibility index (Phi) is 12.7. The fraction of sp³-hybridized carbons (Fsp3) is 0.500. The van der Waals surface area contributed by atoms with Gasteiger partial charge < -0.3 is 42.4 Å². The average Bonchev–Trinajstić information content (AvgIpc) is 3.62. The van der Waals surface area contributed by atoms with E-state index in [1.54, 1.807) is 20.2 Å². The number of aromatic amines is 1. The van der Waals surface area contributed by atoms with E-state index >= 15 is 4.79 Å². The van der Waals surface area contributed by atoms with Crippen molar-refractivity contribution in [3.05, 3.63) is 65.5 Å². The molecular weight excluding hydrogens is 678 g/mol. The molecule has 15 nitrogen and oxygen atoms in total. The number of carboxylic acids is 1. The third kappa shape index (κ3) is 9.13. The molecule has 0 bridgehead atoms. The van der Waals surface area contributed by atoms with Gasteiger partial charge in [0.1, 0.15) is 24.2 Å². The van der Waals surface area contributed by atoms with Crippen LogP contribution in [-0.4, -0.2) is 86.2 Å². The summed E-state index contributed by atoms with van der Waals surface area (Å²) in [5.74, 6) is -3.83. The summed E-state index contributed by atoms with van der Waals surface area (Å²) in [6.07, 6.45) is 6.09. The largest absolute Gasteiger partial charge is 0.480 e. The van der Waals surface area contributed by atoms with Crippen LogP contribution < -0.4 is 27.4 Å². The predicted octanol–water partition coefficient (Wildman–Crippen LogP) is 2.25. The molecule has 0 saturated heterocycles. The molecule has 1 aliphatic heterocycles. The number of benzene rings is 2. The second kappa shape index (κ2) is 17.4. The molecule has 2 heterocycles. The summed E-state index contributed by atoms with van der Waals surface area (Å²) >= 11 is 0. The van der Waals surface area contributed by atoms with E-state index in [-0.39, 0.29) is 49.5 Å². The number of fused-ring (bicyclic) bond motifs is 2. The van der Waals surface area contributed by atoms with Crippen LogP contribution in [-0.2, 0) is 30.4 Å². The van der Waals surface area contributed by atoms with Crippen molar-refractivity contribution in [2.75, 3.05) is 6.54 Å². The first-order valence-electron chi connectivity index (χ1n) is 18.3.